The van der Waals surface area contributed by atoms with E-state index in [0.717, 1.165) is 0 Å². The first-order valence-corrected chi connectivity index (χ1v) is 3.77. The van der Waals surface area contributed by atoms with Gasteiger partial charge in [-0.1, -0.05) is 12.1 Å². The second-order valence-corrected chi connectivity index (χ2v) is 2.47. The largest absolute Gasteiger partial charge is 0.451 e. The molecule has 2 rings (SSSR count). The first kappa shape index (κ1) is 7.79. The normalized spacial score (nSPS) is 9.92. The quantitative estimate of drug-likeness (QED) is 0.766. The number of hydrogen-bond acceptors (Lipinski definition) is 2. The number of nitrogens with one attached hydrogen (secondary N) is 1. The number of ether oxygens (including phenoxy) is 1. The summed E-state index contributed by atoms with van der Waals surface area (Å²) in [4.78, 5) is 0. The first-order valence-electron chi connectivity index (χ1n) is 3.77. The Labute approximate surface area is 74.2 Å². The number of para-hydroxylation sites is 1. The van der Waals surface area contributed by atoms with Gasteiger partial charge in [-0.05, 0) is 12.1 Å². The lowest BCUT2D eigenvalue weighted by Crippen LogP contribution is -1.85. The Hall–Kier alpha value is -1.84. The molecule has 0 saturated heterocycles. The molecule has 0 unspecified atom stereocenters. The molecule has 1 heterocycles. The van der Waals surface area contributed by atoms with E-state index in [-0.39, 0.29) is 11.6 Å². The molecule has 1 aromatic heterocycles. The molecule has 13 heavy (non-hydrogen) atoms. The van der Waals surface area contributed by atoms with E-state index in [1.54, 1.807) is 24.4 Å². The molecular weight excluding hydrogens is 171 g/mol. The number of H-pyrrole nitrogens is 1. The van der Waals surface area contributed by atoms with Crippen LogP contribution in [0.4, 0.5) is 4.39 Å². The zero-order valence-corrected chi connectivity index (χ0v) is 6.70. The van der Waals surface area contributed by atoms with E-state index in [4.69, 9.17) is 4.74 Å². The van der Waals surface area contributed by atoms with Crippen LogP contribution in [0.3, 0.4) is 0 Å². The topological polar surface area (TPSA) is 37.9 Å². The Morgan fingerprint density at radius 2 is 2.15 bits per heavy atom. The summed E-state index contributed by atoms with van der Waals surface area (Å²) >= 11 is 0. The number of nitrogens with zero attached hydrogens (tertiary/aromatic N) is 1. The number of benzene rings is 1. The van der Waals surface area contributed by atoms with Crippen molar-refractivity contribution in [2.45, 2.75) is 0 Å². The van der Waals surface area contributed by atoms with Crippen molar-refractivity contribution in [3.8, 4) is 11.5 Å². The Morgan fingerprint density at radius 3 is 2.85 bits per heavy atom. The molecule has 0 saturated carbocycles. The van der Waals surface area contributed by atoms with Crippen LogP contribution < -0.4 is 4.74 Å². The smallest absolute Gasteiger partial charge is 0.165 e. The third-order valence-electron chi connectivity index (χ3n) is 1.54. The highest BCUT2D eigenvalue weighted by Crippen LogP contribution is 2.22. The number of halogens is 1. The van der Waals surface area contributed by atoms with E-state index < -0.39 is 0 Å². The summed E-state index contributed by atoms with van der Waals surface area (Å²) in [6.07, 6.45) is 3.03. The van der Waals surface area contributed by atoms with Crippen LogP contribution >= 0.6 is 0 Å². The predicted octanol–water partition coefficient (Wildman–Crippen LogP) is 2.34. The number of aromatic nitrogens is 2. The van der Waals surface area contributed by atoms with Crippen LogP contribution in [0, 0.1) is 5.82 Å². The monoisotopic (exact) mass is 178 g/mol. The maximum Gasteiger partial charge on any atom is 0.165 e. The van der Waals surface area contributed by atoms with Crippen LogP contribution in [0.2, 0.25) is 0 Å². The molecule has 0 bridgehead atoms. The Morgan fingerprint density at radius 1 is 1.31 bits per heavy atom. The SMILES string of the molecule is Fc1ccccc1Oc1cn[nH]c1. The average molecular weight is 178 g/mol. The third kappa shape index (κ3) is 1.66. The van der Waals surface area contributed by atoms with Crippen LogP contribution in [0.5, 0.6) is 11.5 Å². The molecule has 0 atom stereocenters. The summed E-state index contributed by atoms with van der Waals surface area (Å²) in [6, 6.07) is 6.22. The molecule has 0 radical (unpaired) electrons. The second kappa shape index (κ2) is 3.26. The minimum atomic E-state index is -0.385. The maximum absolute atomic E-state index is 13.0. The van der Waals surface area contributed by atoms with Crippen LogP contribution in [-0.4, -0.2) is 10.2 Å². The van der Waals surface area contributed by atoms with Crippen LogP contribution in [0.15, 0.2) is 36.7 Å². The fourth-order valence-corrected chi connectivity index (χ4v) is 0.949. The molecule has 0 aliphatic heterocycles. The number of rotatable bonds is 2. The highest BCUT2D eigenvalue weighted by molar-refractivity contribution is 5.28. The standard InChI is InChI=1S/C9H7FN2O/c10-8-3-1-2-4-9(8)13-7-5-11-12-6-7/h1-6H,(H,11,12). The van der Waals surface area contributed by atoms with Gasteiger partial charge in [0.1, 0.15) is 0 Å². The van der Waals surface area contributed by atoms with Crippen LogP contribution in [0.1, 0.15) is 0 Å². The molecule has 0 spiro atoms. The summed E-state index contributed by atoms with van der Waals surface area (Å²) in [5.74, 6) is 0.303. The number of hydrogen-bond donors (Lipinski definition) is 1. The second-order valence-electron chi connectivity index (χ2n) is 2.47. The Bertz CT molecular complexity index is 386. The number of aromatic amines is 1. The molecule has 0 aliphatic rings. The van der Waals surface area contributed by atoms with Crippen molar-refractivity contribution >= 4 is 0 Å². The summed E-state index contributed by atoms with van der Waals surface area (Å²) in [5, 5.41) is 6.25. The average Bonchev–Trinajstić information content (AvgIpc) is 2.61. The molecular formula is C9H7FN2O. The van der Waals surface area contributed by atoms with Crippen molar-refractivity contribution in [3.63, 3.8) is 0 Å². The van der Waals surface area contributed by atoms with Gasteiger partial charge in [-0.15, -0.1) is 0 Å². The van der Waals surface area contributed by atoms with E-state index in [1.807, 2.05) is 0 Å². The zero-order chi connectivity index (χ0) is 9.10. The molecule has 66 valence electrons. The van der Waals surface area contributed by atoms with Gasteiger partial charge < -0.3 is 4.74 Å². The van der Waals surface area contributed by atoms with Gasteiger partial charge in [0.15, 0.2) is 17.3 Å². The lowest BCUT2D eigenvalue weighted by molar-refractivity contribution is 0.442. The van der Waals surface area contributed by atoms with E-state index in [2.05, 4.69) is 10.2 Å². The summed E-state index contributed by atoms with van der Waals surface area (Å²) < 4.78 is 18.2. The fourth-order valence-electron chi connectivity index (χ4n) is 0.949. The van der Waals surface area contributed by atoms with E-state index in [1.165, 1.54) is 12.3 Å². The van der Waals surface area contributed by atoms with Crippen molar-refractivity contribution in [1.29, 1.82) is 0 Å². The van der Waals surface area contributed by atoms with Crippen LogP contribution in [-0.2, 0) is 0 Å². The van der Waals surface area contributed by atoms with E-state index in [9.17, 15) is 4.39 Å². The maximum atomic E-state index is 13.0. The van der Waals surface area contributed by atoms with Gasteiger partial charge in [0.05, 0.1) is 12.4 Å². The summed E-state index contributed by atoms with van der Waals surface area (Å²) in [7, 11) is 0. The van der Waals surface area contributed by atoms with Crippen molar-refractivity contribution in [2.75, 3.05) is 0 Å². The van der Waals surface area contributed by atoms with Crippen molar-refractivity contribution in [2.24, 2.45) is 0 Å². The zero-order valence-electron chi connectivity index (χ0n) is 6.70. The van der Waals surface area contributed by atoms with Gasteiger partial charge in [0.25, 0.3) is 0 Å². The molecule has 3 nitrogen and oxygen atoms in total. The molecule has 2 aromatic rings. The highest BCUT2D eigenvalue weighted by atomic mass is 19.1. The molecule has 4 heteroatoms. The molecule has 1 N–H and O–H groups in total. The molecule has 0 fully saturated rings. The van der Waals surface area contributed by atoms with Gasteiger partial charge >= 0.3 is 0 Å². The molecule has 0 aliphatic carbocycles. The van der Waals surface area contributed by atoms with Gasteiger partial charge in [0, 0.05) is 0 Å². The van der Waals surface area contributed by atoms with Gasteiger partial charge in [0.2, 0.25) is 0 Å². The summed E-state index contributed by atoms with van der Waals surface area (Å²) in [5.41, 5.74) is 0. The van der Waals surface area contributed by atoms with Gasteiger partial charge in [-0.2, -0.15) is 5.10 Å². The van der Waals surface area contributed by atoms with Crippen LogP contribution in [0.25, 0.3) is 0 Å². The molecule has 1 aromatic carbocycles. The van der Waals surface area contributed by atoms with E-state index in [0.29, 0.717) is 5.75 Å². The van der Waals surface area contributed by atoms with Gasteiger partial charge in [-0.25, -0.2) is 4.39 Å². The van der Waals surface area contributed by atoms with E-state index >= 15 is 0 Å². The molecule has 0 amide bonds. The fraction of sp³-hybridized carbons (Fsp3) is 0. The van der Waals surface area contributed by atoms with Crippen molar-refractivity contribution in [3.05, 3.63) is 42.5 Å². The van der Waals surface area contributed by atoms with Crippen molar-refractivity contribution in [1.82, 2.24) is 10.2 Å². The van der Waals surface area contributed by atoms with Gasteiger partial charge in [-0.3, -0.25) is 5.10 Å². The first-order chi connectivity index (χ1) is 6.36. The minimum Gasteiger partial charge on any atom is -0.451 e. The predicted molar refractivity (Wildman–Crippen MR) is 45.1 cm³/mol. The summed E-state index contributed by atoms with van der Waals surface area (Å²) in [6.45, 7) is 0. The third-order valence-corrected chi connectivity index (χ3v) is 1.54. The minimum absolute atomic E-state index is 0.198. The highest BCUT2D eigenvalue weighted by Gasteiger charge is 2.02. The Balaban J connectivity index is 2.24. The van der Waals surface area contributed by atoms with Crippen molar-refractivity contribution < 1.29 is 9.13 Å². The lowest BCUT2D eigenvalue weighted by Gasteiger charge is -2.02. The Kier molecular flexibility index (Phi) is 1.96. The lowest BCUT2D eigenvalue weighted by atomic mass is 10.3.